The fraction of sp³-hybridized carbons (Fsp3) is 0.774. The fourth-order valence-electron chi connectivity index (χ4n) is 16.2. The second-order valence-electron chi connectivity index (χ2n) is 23.9. The molecule has 57 heavy (non-hydrogen) atoms. The van der Waals surface area contributed by atoms with E-state index in [9.17, 15) is 0 Å². The number of rotatable bonds is 4. The van der Waals surface area contributed by atoms with Gasteiger partial charge in [-0.15, -0.1) is 0 Å². The van der Waals surface area contributed by atoms with Gasteiger partial charge in [0.2, 0.25) is 0 Å². The van der Waals surface area contributed by atoms with Gasteiger partial charge < -0.3 is 9.64 Å². The molecule has 7 aliphatic carbocycles. The quantitative estimate of drug-likeness (QED) is 0.209. The SMILES string of the molecule is CC(C)(C)C1=CC=C(N2C3C=C(OC4C=CCCC4)CC4C3B(C3C=C(C5CCCCC5)CC5C3N4C(C)(C)C53CCCCC3)C3CC(C(C)(C)C)=CCC32)CC1. The van der Waals surface area contributed by atoms with Gasteiger partial charge in [0.15, 0.2) is 6.71 Å². The third-order valence-electron chi connectivity index (χ3n) is 18.9. The fourth-order valence-corrected chi connectivity index (χ4v) is 16.2. The van der Waals surface area contributed by atoms with Crippen LogP contribution in [0.2, 0.25) is 17.5 Å². The molecule has 0 amide bonds. The van der Waals surface area contributed by atoms with E-state index in [1.807, 2.05) is 5.57 Å². The molecule has 0 N–H and O–H groups in total. The molecule has 10 aliphatic rings. The summed E-state index contributed by atoms with van der Waals surface area (Å²) in [6, 6.07) is 2.16. The first-order valence-corrected chi connectivity index (χ1v) is 24.7. The van der Waals surface area contributed by atoms with Crippen molar-refractivity contribution < 1.29 is 4.74 Å². The van der Waals surface area contributed by atoms with Crippen molar-refractivity contribution in [3.8, 4) is 0 Å². The lowest BCUT2D eigenvalue weighted by Crippen LogP contribution is -2.72. The molecule has 0 aromatic carbocycles. The van der Waals surface area contributed by atoms with E-state index >= 15 is 0 Å². The summed E-state index contributed by atoms with van der Waals surface area (Å²) in [6.45, 7) is 21.0. The van der Waals surface area contributed by atoms with Crippen LogP contribution in [0.3, 0.4) is 0 Å². The smallest absolute Gasteiger partial charge is 0.163 e. The molecule has 4 heteroatoms. The number of hydrogen-bond donors (Lipinski definition) is 0. The van der Waals surface area contributed by atoms with Crippen molar-refractivity contribution >= 4 is 6.71 Å². The Kier molecular flexibility index (Phi) is 9.86. The molecule has 9 atom stereocenters. The molecular formula is C53H79BN2O. The van der Waals surface area contributed by atoms with Crippen LogP contribution >= 0.6 is 0 Å². The van der Waals surface area contributed by atoms with Crippen molar-refractivity contribution in [2.24, 2.45) is 28.1 Å². The molecule has 1 spiro atoms. The summed E-state index contributed by atoms with van der Waals surface area (Å²) in [6.07, 6.45) is 44.2. The van der Waals surface area contributed by atoms with Crippen LogP contribution in [0.15, 0.2) is 70.7 Å². The third kappa shape index (κ3) is 6.34. The van der Waals surface area contributed by atoms with E-state index in [1.54, 1.807) is 16.8 Å². The van der Waals surface area contributed by atoms with Gasteiger partial charge in [0.05, 0.1) is 5.76 Å². The largest absolute Gasteiger partial charge is 0.491 e. The molecule has 0 aromatic heterocycles. The second-order valence-corrected chi connectivity index (χ2v) is 23.9. The number of nitrogens with zero attached hydrogens (tertiary/aromatic N) is 2. The first-order valence-electron chi connectivity index (χ1n) is 24.7. The van der Waals surface area contributed by atoms with Gasteiger partial charge in [0, 0.05) is 41.8 Å². The van der Waals surface area contributed by atoms with Crippen LogP contribution in [0.1, 0.15) is 177 Å². The van der Waals surface area contributed by atoms with Crippen LogP contribution in [0.25, 0.3) is 0 Å². The molecule has 9 unspecified atom stereocenters. The summed E-state index contributed by atoms with van der Waals surface area (Å²) < 4.78 is 7.28. The van der Waals surface area contributed by atoms with Crippen molar-refractivity contribution in [3.05, 3.63) is 70.7 Å². The van der Waals surface area contributed by atoms with Crippen LogP contribution < -0.4 is 0 Å². The van der Waals surface area contributed by atoms with Gasteiger partial charge in [-0.1, -0.05) is 121 Å². The lowest BCUT2D eigenvalue weighted by molar-refractivity contribution is -0.0312. The minimum absolute atomic E-state index is 0.184. The van der Waals surface area contributed by atoms with Crippen LogP contribution in [0.5, 0.6) is 0 Å². The lowest BCUT2D eigenvalue weighted by atomic mass is 9.19. The summed E-state index contributed by atoms with van der Waals surface area (Å²) in [5.41, 5.74) is 7.97. The molecule has 2 saturated carbocycles. The van der Waals surface area contributed by atoms with Gasteiger partial charge in [-0.05, 0) is 155 Å². The Labute approximate surface area is 349 Å². The topological polar surface area (TPSA) is 15.7 Å². The first-order chi connectivity index (χ1) is 27.3. The number of fused-ring (bicyclic) bond motifs is 5. The molecule has 3 aliphatic heterocycles. The zero-order valence-corrected chi connectivity index (χ0v) is 37.6. The maximum Gasteiger partial charge on any atom is 0.163 e. The highest BCUT2D eigenvalue weighted by Gasteiger charge is 2.73. The molecule has 0 radical (unpaired) electrons. The van der Waals surface area contributed by atoms with Gasteiger partial charge in [0.25, 0.3) is 0 Å². The Morgan fingerprint density at radius 3 is 2.21 bits per heavy atom. The van der Waals surface area contributed by atoms with Crippen molar-refractivity contribution in [2.45, 2.75) is 231 Å². The Hall–Kier alpha value is -1.94. The second kappa shape index (κ2) is 14.3. The standard InChI is InChI=1S/C53H79BN2O/c1-50(2,3)37-22-25-39(26-23-37)55-45-27-24-38(51(4,5)6)32-43(45)54-44-31-36(35-18-12-9-13-19-35)30-42-49(44)56(52(7,8)53(42)28-16-11-17-29-53)47-34-41(33-46(55)48(47)54)57-40-20-14-10-15-21-40/h14,20,22,24-25,31,33,35,40,42-49H,9-13,15-19,21,23,26-30,32,34H2,1-8H3. The number of ether oxygens (including phenoxy) is 1. The molecular weight excluding hydrogens is 691 g/mol. The summed E-state index contributed by atoms with van der Waals surface area (Å²) in [7, 11) is 0. The third-order valence-corrected chi connectivity index (χ3v) is 18.9. The van der Waals surface area contributed by atoms with Crippen molar-refractivity contribution in [2.75, 3.05) is 0 Å². The van der Waals surface area contributed by atoms with Crippen molar-refractivity contribution in [1.29, 1.82) is 0 Å². The highest BCUT2D eigenvalue weighted by Crippen LogP contribution is 2.72. The minimum atomic E-state index is 0.184. The van der Waals surface area contributed by atoms with Crippen LogP contribution in [0, 0.1) is 28.1 Å². The van der Waals surface area contributed by atoms with E-state index in [-0.39, 0.29) is 22.5 Å². The maximum atomic E-state index is 7.28. The van der Waals surface area contributed by atoms with Crippen LogP contribution in [-0.4, -0.2) is 52.3 Å². The Bertz CT molecular complexity index is 1750. The predicted octanol–water partition coefficient (Wildman–Crippen LogP) is 13.8. The van der Waals surface area contributed by atoms with Crippen LogP contribution in [0.4, 0.5) is 0 Å². The number of allylic oxidation sites excluding steroid dienone is 7. The average Bonchev–Trinajstić information content (AvgIpc) is 3.38. The van der Waals surface area contributed by atoms with Crippen molar-refractivity contribution in [1.82, 2.24) is 9.80 Å². The van der Waals surface area contributed by atoms with E-state index in [2.05, 4.69) is 108 Å². The summed E-state index contributed by atoms with van der Waals surface area (Å²) >= 11 is 0. The molecule has 0 bridgehead atoms. The molecule has 3 heterocycles. The maximum absolute atomic E-state index is 7.28. The molecule has 0 aromatic rings. The van der Waals surface area contributed by atoms with Crippen LogP contribution in [-0.2, 0) is 4.74 Å². The summed E-state index contributed by atoms with van der Waals surface area (Å²) in [4.78, 5) is 6.41. The molecule has 3 saturated heterocycles. The summed E-state index contributed by atoms with van der Waals surface area (Å²) in [5, 5.41) is 0. The first kappa shape index (κ1) is 39.2. The minimum Gasteiger partial charge on any atom is -0.491 e. The normalized spacial score (nSPS) is 38.9. The van der Waals surface area contributed by atoms with E-state index in [1.165, 1.54) is 115 Å². The zero-order valence-electron chi connectivity index (χ0n) is 37.6. The predicted molar refractivity (Wildman–Crippen MR) is 240 cm³/mol. The molecule has 10 rings (SSSR count). The highest BCUT2D eigenvalue weighted by molar-refractivity contribution is 6.66. The zero-order chi connectivity index (χ0) is 39.5. The van der Waals surface area contributed by atoms with Gasteiger partial charge in [-0.2, -0.15) is 0 Å². The van der Waals surface area contributed by atoms with Gasteiger partial charge >= 0.3 is 0 Å². The molecule has 5 fully saturated rings. The number of hydrogen-bond acceptors (Lipinski definition) is 3. The van der Waals surface area contributed by atoms with Gasteiger partial charge in [-0.3, -0.25) is 4.90 Å². The van der Waals surface area contributed by atoms with E-state index in [4.69, 9.17) is 4.74 Å². The summed E-state index contributed by atoms with van der Waals surface area (Å²) in [5.74, 6) is 4.95. The van der Waals surface area contributed by atoms with Gasteiger partial charge in [0.1, 0.15) is 6.10 Å². The average molecular weight is 771 g/mol. The highest BCUT2D eigenvalue weighted by atomic mass is 16.5. The van der Waals surface area contributed by atoms with E-state index in [0.717, 1.165) is 31.4 Å². The molecule has 3 nitrogen and oxygen atoms in total. The van der Waals surface area contributed by atoms with Gasteiger partial charge in [-0.25, -0.2) is 0 Å². The Morgan fingerprint density at radius 2 is 1.53 bits per heavy atom. The van der Waals surface area contributed by atoms with E-state index < -0.39 is 0 Å². The monoisotopic (exact) mass is 771 g/mol. The molecule has 310 valence electrons. The van der Waals surface area contributed by atoms with E-state index in [0.29, 0.717) is 47.0 Å². The Morgan fingerprint density at radius 1 is 0.772 bits per heavy atom. The lowest BCUT2D eigenvalue weighted by Gasteiger charge is -2.66. The Balaban J connectivity index is 1.17. The van der Waals surface area contributed by atoms with Crippen molar-refractivity contribution in [3.63, 3.8) is 0 Å².